The highest BCUT2D eigenvalue weighted by Crippen LogP contribution is 2.24. The fourth-order valence-corrected chi connectivity index (χ4v) is 5.02. The van der Waals surface area contributed by atoms with Crippen molar-refractivity contribution in [3.8, 4) is 0 Å². The number of hydrogen-bond acceptors (Lipinski definition) is 4. The van der Waals surface area contributed by atoms with Gasteiger partial charge in [-0.15, -0.1) is 11.3 Å². The Bertz CT molecular complexity index is 999. The van der Waals surface area contributed by atoms with E-state index >= 15 is 0 Å². The van der Waals surface area contributed by atoms with Crippen LogP contribution in [0.25, 0.3) is 0 Å². The molecular formula is C26H31N3O2S. The molecule has 1 aliphatic heterocycles. The van der Waals surface area contributed by atoms with Crippen LogP contribution in [0.3, 0.4) is 0 Å². The maximum absolute atomic E-state index is 13.8. The number of benzene rings is 1. The molecule has 5 nitrogen and oxygen atoms in total. The molecule has 1 aliphatic rings. The Morgan fingerprint density at radius 2 is 1.94 bits per heavy atom. The number of piperidine rings is 1. The van der Waals surface area contributed by atoms with Crippen LogP contribution in [0.4, 0.5) is 0 Å². The molecule has 0 spiro atoms. The standard InChI is InChI=1S/C26H29N3O2S.H2/c30-25(24-12-7-15-32-24)28-19-22(16-20-8-2-1-3-9-20)26(31)29-14-5-4-11-23(29)17-21-10-6-13-27-18-21;/h1-3,6-10,12-13,15,18,22-23H,4-5,11,14,16-17,19H2,(H,28,30);1H. The molecule has 32 heavy (non-hydrogen) atoms. The minimum atomic E-state index is -0.296. The smallest absolute Gasteiger partial charge is 0.261 e. The number of hydrogen-bond donors (Lipinski definition) is 1. The van der Waals surface area contributed by atoms with Crippen molar-refractivity contribution in [2.75, 3.05) is 13.1 Å². The van der Waals surface area contributed by atoms with Gasteiger partial charge in [0.25, 0.3) is 5.91 Å². The van der Waals surface area contributed by atoms with Crippen LogP contribution >= 0.6 is 11.3 Å². The fourth-order valence-electron chi connectivity index (χ4n) is 4.38. The van der Waals surface area contributed by atoms with E-state index < -0.39 is 0 Å². The first-order valence-corrected chi connectivity index (χ1v) is 12.1. The molecule has 4 rings (SSSR count). The van der Waals surface area contributed by atoms with Gasteiger partial charge in [-0.3, -0.25) is 14.6 Å². The highest BCUT2D eigenvalue weighted by atomic mass is 32.1. The summed E-state index contributed by atoms with van der Waals surface area (Å²) in [7, 11) is 0. The molecule has 1 N–H and O–H groups in total. The van der Waals surface area contributed by atoms with Gasteiger partial charge in [0.15, 0.2) is 0 Å². The summed E-state index contributed by atoms with van der Waals surface area (Å²) in [6.45, 7) is 1.11. The lowest BCUT2D eigenvalue weighted by Crippen LogP contribution is -2.50. The third kappa shape index (κ3) is 5.82. The minimum Gasteiger partial charge on any atom is -0.351 e. The Morgan fingerprint density at radius 3 is 2.69 bits per heavy atom. The summed E-state index contributed by atoms with van der Waals surface area (Å²) in [5, 5.41) is 4.89. The predicted octanol–water partition coefficient (Wildman–Crippen LogP) is 4.60. The predicted molar refractivity (Wildman–Crippen MR) is 130 cm³/mol. The van der Waals surface area contributed by atoms with E-state index in [2.05, 4.69) is 21.3 Å². The number of pyridine rings is 1. The molecule has 0 aliphatic carbocycles. The Kier molecular flexibility index (Phi) is 7.67. The van der Waals surface area contributed by atoms with E-state index in [-0.39, 0.29) is 25.2 Å². The van der Waals surface area contributed by atoms with E-state index in [1.165, 1.54) is 11.3 Å². The summed E-state index contributed by atoms with van der Waals surface area (Å²) in [6.07, 6.45) is 8.25. The van der Waals surface area contributed by atoms with Crippen LogP contribution in [0.15, 0.2) is 72.4 Å². The Labute approximate surface area is 195 Å². The zero-order valence-electron chi connectivity index (χ0n) is 18.2. The van der Waals surface area contributed by atoms with Crippen molar-refractivity contribution in [2.24, 2.45) is 5.92 Å². The zero-order valence-corrected chi connectivity index (χ0v) is 19.0. The van der Waals surface area contributed by atoms with Crippen molar-refractivity contribution in [1.82, 2.24) is 15.2 Å². The van der Waals surface area contributed by atoms with Gasteiger partial charge in [-0.1, -0.05) is 42.5 Å². The van der Waals surface area contributed by atoms with Gasteiger partial charge in [0.1, 0.15) is 0 Å². The lowest BCUT2D eigenvalue weighted by atomic mass is 9.92. The molecule has 1 saturated heterocycles. The zero-order chi connectivity index (χ0) is 22.2. The number of likely N-dealkylation sites (tertiary alicyclic amines) is 1. The van der Waals surface area contributed by atoms with Crippen LogP contribution in [0, 0.1) is 5.92 Å². The molecule has 2 atom stereocenters. The molecule has 3 heterocycles. The van der Waals surface area contributed by atoms with E-state index in [1.807, 2.05) is 60.1 Å². The maximum Gasteiger partial charge on any atom is 0.261 e. The van der Waals surface area contributed by atoms with E-state index in [9.17, 15) is 9.59 Å². The molecule has 1 fully saturated rings. The minimum absolute atomic E-state index is 0. The highest BCUT2D eigenvalue weighted by molar-refractivity contribution is 7.12. The molecule has 0 saturated carbocycles. The average Bonchev–Trinajstić information content (AvgIpc) is 3.38. The van der Waals surface area contributed by atoms with Crippen LogP contribution in [-0.2, 0) is 17.6 Å². The number of rotatable bonds is 8. The number of nitrogens with zero attached hydrogens (tertiary/aromatic N) is 2. The molecule has 6 heteroatoms. The number of amides is 2. The molecule has 168 valence electrons. The summed E-state index contributed by atoms with van der Waals surface area (Å²) in [5.74, 6) is -0.277. The second-order valence-electron chi connectivity index (χ2n) is 8.32. The molecular weight excluding hydrogens is 418 g/mol. The Morgan fingerprint density at radius 1 is 1.09 bits per heavy atom. The quantitative estimate of drug-likeness (QED) is 0.547. The lowest BCUT2D eigenvalue weighted by molar-refractivity contribution is -0.139. The summed E-state index contributed by atoms with van der Waals surface area (Å²) in [4.78, 5) is 33.3. The van der Waals surface area contributed by atoms with Crippen LogP contribution < -0.4 is 5.32 Å². The Balaban J connectivity index is 0.00000306. The van der Waals surface area contributed by atoms with Crippen molar-refractivity contribution >= 4 is 23.2 Å². The van der Waals surface area contributed by atoms with Gasteiger partial charge >= 0.3 is 0 Å². The van der Waals surface area contributed by atoms with E-state index in [0.717, 1.165) is 43.4 Å². The number of aromatic nitrogens is 1. The van der Waals surface area contributed by atoms with E-state index in [0.29, 0.717) is 17.8 Å². The van der Waals surface area contributed by atoms with Crippen LogP contribution in [0.2, 0.25) is 0 Å². The summed E-state index contributed by atoms with van der Waals surface area (Å²) < 4.78 is 0. The first-order chi connectivity index (χ1) is 15.7. The third-order valence-electron chi connectivity index (χ3n) is 6.03. The largest absolute Gasteiger partial charge is 0.351 e. The summed E-state index contributed by atoms with van der Waals surface area (Å²) in [6, 6.07) is 17.9. The molecule has 2 aromatic heterocycles. The van der Waals surface area contributed by atoms with Gasteiger partial charge in [0.05, 0.1) is 10.8 Å². The van der Waals surface area contributed by atoms with Crippen molar-refractivity contribution in [2.45, 2.75) is 38.1 Å². The van der Waals surface area contributed by atoms with Crippen LogP contribution in [-0.4, -0.2) is 40.8 Å². The molecule has 0 bridgehead atoms. The monoisotopic (exact) mass is 449 g/mol. The normalized spacial score (nSPS) is 17.0. The molecule has 0 radical (unpaired) electrons. The van der Waals surface area contributed by atoms with Gasteiger partial charge in [-0.2, -0.15) is 0 Å². The van der Waals surface area contributed by atoms with Gasteiger partial charge in [-0.05, 0) is 60.7 Å². The average molecular weight is 450 g/mol. The number of carbonyl (C=O) groups excluding carboxylic acids is 2. The first kappa shape index (κ1) is 22.2. The Hall–Kier alpha value is -2.99. The van der Waals surface area contributed by atoms with E-state index in [1.54, 1.807) is 6.20 Å². The third-order valence-corrected chi connectivity index (χ3v) is 6.90. The SMILES string of the molecule is O=C(NCC(Cc1ccccc1)C(=O)N1CCCCC1Cc1cccnc1)c1cccs1.[HH]. The topological polar surface area (TPSA) is 62.3 Å². The first-order valence-electron chi connectivity index (χ1n) is 11.3. The van der Waals surface area contributed by atoms with Crippen molar-refractivity contribution in [3.63, 3.8) is 0 Å². The molecule has 3 aromatic rings. The second-order valence-corrected chi connectivity index (χ2v) is 9.27. The molecule has 2 unspecified atom stereocenters. The number of carbonyl (C=O) groups is 2. The van der Waals surface area contributed by atoms with Crippen LogP contribution in [0.1, 0.15) is 41.5 Å². The second kappa shape index (κ2) is 11.0. The maximum atomic E-state index is 13.8. The lowest BCUT2D eigenvalue weighted by Gasteiger charge is -2.38. The fraction of sp³-hybridized carbons (Fsp3) is 0.346. The number of thiophene rings is 1. The van der Waals surface area contributed by atoms with E-state index in [4.69, 9.17) is 0 Å². The van der Waals surface area contributed by atoms with Gasteiger partial charge in [-0.25, -0.2) is 0 Å². The highest BCUT2D eigenvalue weighted by Gasteiger charge is 2.32. The van der Waals surface area contributed by atoms with Gasteiger partial charge < -0.3 is 10.2 Å². The number of nitrogens with one attached hydrogen (secondary N) is 1. The van der Waals surface area contributed by atoms with Crippen molar-refractivity contribution in [1.29, 1.82) is 0 Å². The summed E-state index contributed by atoms with van der Waals surface area (Å²) in [5.41, 5.74) is 2.26. The van der Waals surface area contributed by atoms with Gasteiger partial charge in [0.2, 0.25) is 5.91 Å². The summed E-state index contributed by atoms with van der Waals surface area (Å²) >= 11 is 1.41. The van der Waals surface area contributed by atoms with Crippen molar-refractivity contribution < 1.29 is 11.0 Å². The molecule has 2 amide bonds. The van der Waals surface area contributed by atoms with Gasteiger partial charge in [0, 0.05) is 33.0 Å². The molecule has 1 aromatic carbocycles. The van der Waals surface area contributed by atoms with Crippen molar-refractivity contribution in [3.05, 3.63) is 88.4 Å². The van der Waals surface area contributed by atoms with Crippen LogP contribution in [0.5, 0.6) is 0 Å².